The molecule has 0 heterocycles. The highest BCUT2D eigenvalue weighted by atomic mass is 14.1. The summed E-state index contributed by atoms with van der Waals surface area (Å²) in [5, 5.41) is 2.73. The molecule has 0 bridgehead atoms. The van der Waals surface area contributed by atoms with E-state index in [4.69, 9.17) is 0 Å². The lowest BCUT2D eigenvalue weighted by atomic mass is 9.96. The van der Waals surface area contributed by atoms with Crippen molar-refractivity contribution in [1.82, 2.24) is 0 Å². The average molecular weight is 238 g/mol. The van der Waals surface area contributed by atoms with Crippen LogP contribution in [-0.4, -0.2) is 0 Å². The molecule has 94 valence electrons. The van der Waals surface area contributed by atoms with Crippen molar-refractivity contribution in [3.8, 4) is 0 Å². The van der Waals surface area contributed by atoms with E-state index in [1.807, 2.05) is 6.08 Å². The number of hydrogen-bond acceptors (Lipinski definition) is 0. The zero-order chi connectivity index (χ0) is 12.8. The summed E-state index contributed by atoms with van der Waals surface area (Å²) in [5.41, 5.74) is 2.72. The molecule has 2 rings (SSSR count). The van der Waals surface area contributed by atoms with Gasteiger partial charge in [0.2, 0.25) is 0 Å². The molecule has 0 nitrogen and oxygen atoms in total. The Morgan fingerprint density at radius 1 is 0.944 bits per heavy atom. The smallest absolute Gasteiger partial charge is 0.0109 e. The number of rotatable bonds is 6. The van der Waals surface area contributed by atoms with Gasteiger partial charge in [-0.15, -0.1) is 0 Å². The first-order chi connectivity index (χ1) is 8.86. The van der Waals surface area contributed by atoms with E-state index in [-0.39, 0.29) is 0 Å². The lowest BCUT2D eigenvalue weighted by molar-refractivity contribution is 0.668. The van der Waals surface area contributed by atoms with E-state index in [1.165, 1.54) is 54.0 Å². The molecule has 18 heavy (non-hydrogen) atoms. The first-order valence-corrected chi connectivity index (χ1v) is 7.00. The molecule has 0 spiro atoms. The van der Waals surface area contributed by atoms with Crippen molar-refractivity contribution in [3.05, 3.63) is 54.1 Å². The highest BCUT2D eigenvalue weighted by Gasteiger charge is 2.02. The molecular formula is C18H22. The molecule has 0 radical (unpaired) electrons. The van der Waals surface area contributed by atoms with Gasteiger partial charge in [0.1, 0.15) is 0 Å². The third kappa shape index (κ3) is 2.81. The van der Waals surface area contributed by atoms with Crippen molar-refractivity contribution >= 4 is 16.8 Å². The second kappa shape index (κ2) is 6.39. The first kappa shape index (κ1) is 12.9. The van der Waals surface area contributed by atoms with Crippen LogP contribution in [0.25, 0.3) is 16.8 Å². The third-order valence-corrected chi connectivity index (χ3v) is 3.57. The summed E-state index contributed by atoms with van der Waals surface area (Å²) in [5.74, 6) is 0. The highest BCUT2D eigenvalue weighted by molar-refractivity contribution is 5.92. The van der Waals surface area contributed by atoms with Crippen LogP contribution in [0.15, 0.2) is 43.0 Å². The van der Waals surface area contributed by atoms with Gasteiger partial charge in [-0.1, -0.05) is 75.2 Å². The van der Waals surface area contributed by atoms with Gasteiger partial charge in [-0.2, -0.15) is 0 Å². The second-order valence-electron chi connectivity index (χ2n) is 4.87. The van der Waals surface area contributed by atoms with Gasteiger partial charge < -0.3 is 0 Å². The molecule has 2 aromatic rings. The van der Waals surface area contributed by atoms with Crippen molar-refractivity contribution < 1.29 is 0 Å². The summed E-state index contributed by atoms with van der Waals surface area (Å²) >= 11 is 0. The molecule has 0 atom stereocenters. The maximum atomic E-state index is 3.90. The van der Waals surface area contributed by atoms with Crippen molar-refractivity contribution in [2.45, 2.75) is 39.0 Å². The predicted octanol–water partition coefficient (Wildman–Crippen LogP) is 5.61. The number of hydrogen-bond donors (Lipinski definition) is 0. The summed E-state index contributed by atoms with van der Waals surface area (Å²) in [7, 11) is 0. The Balaban J connectivity index is 2.25. The SMILES string of the molecule is C=Cc1cccc2c(CCCCCC)cccc12. The summed E-state index contributed by atoms with van der Waals surface area (Å²) in [6, 6.07) is 13.1. The second-order valence-corrected chi connectivity index (χ2v) is 4.87. The van der Waals surface area contributed by atoms with Crippen LogP contribution in [0.4, 0.5) is 0 Å². The summed E-state index contributed by atoms with van der Waals surface area (Å²) in [6.45, 7) is 6.16. The molecule has 0 aliphatic rings. The van der Waals surface area contributed by atoms with Crippen molar-refractivity contribution in [3.63, 3.8) is 0 Å². The molecule has 0 saturated heterocycles. The van der Waals surface area contributed by atoms with Crippen molar-refractivity contribution in [2.24, 2.45) is 0 Å². The van der Waals surface area contributed by atoms with Crippen LogP contribution in [0.3, 0.4) is 0 Å². The van der Waals surface area contributed by atoms with Gasteiger partial charge in [0.25, 0.3) is 0 Å². The molecular weight excluding hydrogens is 216 g/mol. The quantitative estimate of drug-likeness (QED) is 0.574. The van der Waals surface area contributed by atoms with Crippen LogP contribution in [0.2, 0.25) is 0 Å². The molecule has 0 unspecified atom stereocenters. The Morgan fingerprint density at radius 3 is 2.50 bits per heavy atom. The van der Waals surface area contributed by atoms with Gasteiger partial charge in [0.15, 0.2) is 0 Å². The maximum absolute atomic E-state index is 3.90. The van der Waals surface area contributed by atoms with Crippen LogP contribution in [-0.2, 0) is 6.42 Å². The summed E-state index contributed by atoms with van der Waals surface area (Å²) < 4.78 is 0. The van der Waals surface area contributed by atoms with Crippen LogP contribution in [0, 0.1) is 0 Å². The molecule has 0 N–H and O–H groups in total. The monoisotopic (exact) mass is 238 g/mol. The zero-order valence-corrected chi connectivity index (χ0v) is 11.3. The maximum Gasteiger partial charge on any atom is -0.0109 e. The number of aryl methyl sites for hydroxylation is 1. The number of benzene rings is 2. The zero-order valence-electron chi connectivity index (χ0n) is 11.3. The molecule has 0 aromatic heterocycles. The summed E-state index contributed by atoms with van der Waals surface area (Å²) in [4.78, 5) is 0. The Morgan fingerprint density at radius 2 is 1.72 bits per heavy atom. The Bertz CT molecular complexity index is 523. The van der Waals surface area contributed by atoms with E-state index in [0.717, 1.165) is 0 Å². The van der Waals surface area contributed by atoms with Crippen LogP contribution >= 0.6 is 0 Å². The van der Waals surface area contributed by atoms with Gasteiger partial charge in [0, 0.05) is 0 Å². The lowest BCUT2D eigenvalue weighted by Gasteiger charge is -2.08. The van der Waals surface area contributed by atoms with E-state index in [9.17, 15) is 0 Å². The molecule has 0 heteroatoms. The normalized spacial score (nSPS) is 10.7. The number of unbranched alkanes of at least 4 members (excludes halogenated alkanes) is 3. The van der Waals surface area contributed by atoms with E-state index < -0.39 is 0 Å². The van der Waals surface area contributed by atoms with Crippen LogP contribution < -0.4 is 0 Å². The Labute approximate surface area is 110 Å². The van der Waals surface area contributed by atoms with Gasteiger partial charge in [0.05, 0.1) is 0 Å². The molecule has 2 aromatic carbocycles. The van der Waals surface area contributed by atoms with E-state index in [1.54, 1.807) is 0 Å². The van der Waals surface area contributed by atoms with E-state index in [2.05, 4.69) is 49.9 Å². The fraction of sp³-hybridized carbons (Fsp3) is 0.333. The molecule has 0 aliphatic heterocycles. The Kier molecular flexibility index (Phi) is 4.58. The van der Waals surface area contributed by atoms with E-state index >= 15 is 0 Å². The number of fused-ring (bicyclic) bond motifs is 1. The lowest BCUT2D eigenvalue weighted by Crippen LogP contribution is -1.89. The minimum absolute atomic E-state index is 1.19. The van der Waals surface area contributed by atoms with Crippen LogP contribution in [0.5, 0.6) is 0 Å². The minimum atomic E-state index is 1.19. The van der Waals surface area contributed by atoms with Crippen molar-refractivity contribution in [2.75, 3.05) is 0 Å². The largest absolute Gasteiger partial charge is 0.0984 e. The van der Waals surface area contributed by atoms with Gasteiger partial charge in [-0.3, -0.25) is 0 Å². The third-order valence-electron chi connectivity index (χ3n) is 3.57. The van der Waals surface area contributed by atoms with E-state index in [0.29, 0.717) is 0 Å². The summed E-state index contributed by atoms with van der Waals surface area (Å²) in [6.07, 6.45) is 8.43. The fourth-order valence-corrected chi connectivity index (χ4v) is 2.54. The van der Waals surface area contributed by atoms with Crippen molar-refractivity contribution in [1.29, 1.82) is 0 Å². The van der Waals surface area contributed by atoms with Gasteiger partial charge in [-0.25, -0.2) is 0 Å². The molecule has 0 aliphatic carbocycles. The van der Waals surface area contributed by atoms with Gasteiger partial charge >= 0.3 is 0 Å². The van der Waals surface area contributed by atoms with Gasteiger partial charge in [-0.05, 0) is 34.7 Å². The molecule has 0 fully saturated rings. The molecule has 0 saturated carbocycles. The topological polar surface area (TPSA) is 0 Å². The fourth-order valence-electron chi connectivity index (χ4n) is 2.54. The predicted molar refractivity (Wildman–Crippen MR) is 81.9 cm³/mol. The first-order valence-electron chi connectivity index (χ1n) is 7.00. The highest BCUT2D eigenvalue weighted by Crippen LogP contribution is 2.24. The molecule has 0 amide bonds. The Hall–Kier alpha value is -1.56. The average Bonchev–Trinajstić information content (AvgIpc) is 2.43. The minimum Gasteiger partial charge on any atom is -0.0984 e. The standard InChI is InChI=1S/C18H22/c1-3-5-6-7-10-16-12-9-13-17-15(4-2)11-8-14-18(16)17/h4,8-9,11-14H,2-3,5-7,10H2,1H3. The van der Waals surface area contributed by atoms with Crippen LogP contribution in [0.1, 0.15) is 43.7 Å².